The Morgan fingerprint density at radius 1 is 0.857 bits per heavy atom. The molecular formula is C13H28O. The molecule has 0 saturated carbocycles. The van der Waals surface area contributed by atoms with E-state index in [1.807, 2.05) is 0 Å². The minimum atomic E-state index is 0.468. The molecule has 1 unspecified atom stereocenters. The van der Waals surface area contributed by atoms with Gasteiger partial charge >= 0.3 is 0 Å². The van der Waals surface area contributed by atoms with Crippen LogP contribution in [0, 0.1) is 0 Å². The van der Waals surface area contributed by atoms with E-state index in [9.17, 15) is 0 Å². The second-order valence-corrected chi connectivity index (χ2v) is 4.24. The summed E-state index contributed by atoms with van der Waals surface area (Å²) in [7, 11) is 0. The van der Waals surface area contributed by atoms with Crippen LogP contribution in [0.4, 0.5) is 0 Å². The lowest BCUT2D eigenvalue weighted by Crippen LogP contribution is -2.08. The Labute approximate surface area is 90.2 Å². The van der Waals surface area contributed by atoms with Crippen molar-refractivity contribution in [2.45, 2.75) is 78.2 Å². The maximum atomic E-state index is 5.69. The lowest BCUT2D eigenvalue weighted by atomic mass is 10.1. The number of hydrogen-bond donors (Lipinski definition) is 0. The molecule has 14 heavy (non-hydrogen) atoms. The minimum Gasteiger partial charge on any atom is -0.379 e. The Morgan fingerprint density at radius 3 is 2.14 bits per heavy atom. The molecule has 0 aliphatic heterocycles. The molecule has 1 heteroatoms. The fraction of sp³-hybridized carbons (Fsp3) is 1.00. The predicted molar refractivity (Wildman–Crippen MR) is 63.7 cm³/mol. The third-order valence-electron chi connectivity index (χ3n) is 2.60. The summed E-state index contributed by atoms with van der Waals surface area (Å²) in [6, 6.07) is 0. The first-order valence-corrected chi connectivity index (χ1v) is 6.42. The first-order chi connectivity index (χ1) is 6.81. The molecule has 1 atom stereocenters. The largest absolute Gasteiger partial charge is 0.379 e. The van der Waals surface area contributed by atoms with Gasteiger partial charge in [0.25, 0.3) is 0 Å². The van der Waals surface area contributed by atoms with Gasteiger partial charge in [-0.1, -0.05) is 52.4 Å². The quantitative estimate of drug-likeness (QED) is 0.470. The molecule has 0 aromatic rings. The van der Waals surface area contributed by atoms with Gasteiger partial charge in [0.1, 0.15) is 0 Å². The van der Waals surface area contributed by atoms with E-state index in [2.05, 4.69) is 20.8 Å². The highest BCUT2D eigenvalue weighted by atomic mass is 16.5. The summed E-state index contributed by atoms with van der Waals surface area (Å²) >= 11 is 0. The summed E-state index contributed by atoms with van der Waals surface area (Å²) in [5, 5.41) is 0. The van der Waals surface area contributed by atoms with Gasteiger partial charge in [-0.05, 0) is 19.8 Å². The Balaban J connectivity index is 2.98. The van der Waals surface area contributed by atoms with E-state index in [1.165, 1.54) is 51.4 Å². The summed E-state index contributed by atoms with van der Waals surface area (Å²) in [4.78, 5) is 0. The Hall–Kier alpha value is -0.0400. The van der Waals surface area contributed by atoms with Gasteiger partial charge in [-0.25, -0.2) is 0 Å². The minimum absolute atomic E-state index is 0.468. The number of rotatable bonds is 10. The zero-order valence-electron chi connectivity index (χ0n) is 10.3. The molecule has 0 saturated heterocycles. The summed E-state index contributed by atoms with van der Waals surface area (Å²) < 4.78 is 5.69. The predicted octanol–water partition coefficient (Wildman–Crippen LogP) is 4.55. The van der Waals surface area contributed by atoms with Crippen LogP contribution in [0.5, 0.6) is 0 Å². The van der Waals surface area contributed by atoms with Crippen molar-refractivity contribution in [3.8, 4) is 0 Å². The van der Waals surface area contributed by atoms with Crippen LogP contribution in [0.1, 0.15) is 72.1 Å². The summed E-state index contributed by atoms with van der Waals surface area (Å²) in [6.45, 7) is 7.62. The van der Waals surface area contributed by atoms with Crippen molar-refractivity contribution in [2.75, 3.05) is 6.61 Å². The molecule has 0 rings (SSSR count). The molecule has 86 valence electrons. The monoisotopic (exact) mass is 200 g/mol. The lowest BCUT2D eigenvalue weighted by molar-refractivity contribution is 0.0570. The van der Waals surface area contributed by atoms with Crippen LogP contribution in [0.2, 0.25) is 0 Å². The van der Waals surface area contributed by atoms with Crippen LogP contribution >= 0.6 is 0 Å². The maximum Gasteiger partial charge on any atom is 0.0546 e. The van der Waals surface area contributed by atoms with Crippen LogP contribution in [-0.2, 0) is 4.74 Å². The molecule has 0 aliphatic carbocycles. The molecule has 0 aromatic heterocycles. The second kappa shape index (κ2) is 11.0. The first kappa shape index (κ1) is 14.0. The van der Waals surface area contributed by atoms with Crippen molar-refractivity contribution in [2.24, 2.45) is 0 Å². The maximum absolute atomic E-state index is 5.69. The lowest BCUT2D eigenvalue weighted by Gasteiger charge is -2.11. The van der Waals surface area contributed by atoms with Crippen LogP contribution in [0.3, 0.4) is 0 Å². The average molecular weight is 200 g/mol. The van der Waals surface area contributed by atoms with E-state index in [0.717, 1.165) is 6.61 Å². The van der Waals surface area contributed by atoms with Crippen molar-refractivity contribution in [3.63, 3.8) is 0 Å². The topological polar surface area (TPSA) is 9.23 Å². The van der Waals surface area contributed by atoms with Gasteiger partial charge in [-0.3, -0.25) is 0 Å². The van der Waals surface area contributed by atoms with Gasteiger partial charge in [0.15, 0.2) is 0 Å². The van der Waals surface area contributed by atoms with Gasteiger partial charge in [0.2, 0.25) is 0 Å². The fourth-order valence-corrected chi connectivity index (χ4v) is 1.66. The Morgan fingerprint density at radius 2 is 1.50 bits per heavy atom. The second-order valence-electron chi connectivity index (χ2n) is 4.24. The number of ether oxygens (including phenoxy) is 1. The zero-order chi connectivity index (χ0) is 10.6. The van der Waals surface area contributed by atoms with E-state index >= 15 is 0 Å². The van der Waals surface area contributed by atoms with Crippen LogP contribution in [0.25, 0.3) is 0 Å². The van der Waals surface area contributed by atoms with Gasteiger partial charge in [-0.15, -0.1) is 0 Å². The van der Waals surface area contributed by atoms with Gasteiger partial charge in [0, 0.05) is 6.61 Å². The van der Waals surface area contributed by atoms with Gasteiger partial charge in [0.05, 0.1) is 6.10 Å². The van der Waals surface area contributed by atoms with Crippen molar-refractivity contribution in [1.82, 2.24) is 0 Å². The molecule has 1 nitrogen and oxygen atoms in total. The standard InChI is InChI=1S/C13H28O/c1-4-6-7-8-9-10-12-14-13(3)11-5-2/h13H,4-12H2,1-3H3. The molecule has 0 bridgehead atoms. The smallest absolute Gasteiger partial charge is 0.0546 e. The first-order valence-electron chi connectivity index (χ1n) is 6.42. The molecule has 0 spiro atoms. The third-order valence-corrected chi connectivity index (χ3v) is 2.60. The molecule has 0 heterocycles. The molecule has 0 aromatic carbocycles. The zero-order valence-corrected chi connectivity index (χ0v) is 10.3. The number of hydrogen-bond acceptors (Lipinski definition) is 1. The third kappa shape index (κ3) is 10.0. The Kier molecular flexibility index (Phi) is 11.0. The van der Waals surface area contributed by atoms with Crippen LogP contribution in [0.15, 0.2) is 0 Å². The summed E-state index contributed by atoms with van der Waals surface area (Å²) in [5.74, 6) is 0. The SMILES string of the molecule is CCCCCCCCOC(C)CCC. The van der Waals surface area contributed by atoms with E-state index in [0.29, 0.717) is 6.10 Å². The van der Waals surface area contributed by atoms with Crippen molar-refractivity contribution in [1.29, 1.82) is 0 Å². The van der Waals surface area contributed by atoms with E-state index in [4.69, 9.17) is 4.74 Å². The highest BCUT2D eigenvalue weighted by Gasteiger charge is 1.99. The van der Waals surface area contributed by atoms with Crippen LogP contribution in [-0.4, -0.2) is 12.7 Å². The molecular weight excluding hydrogens is 172 g/mol. The Bertz CT molecular complexity index is 101. The molecule has 0 aliphatic rings. The molecule has 0 radical (unpaired) electrons. The van der Waals surface area contributed by atoms with Crippen molar-refractivity contribution >= 4 is 0 Å². The summed E-state index contributed by atoms with van der Waals surface area (Å²) in [5.41, 5.74) is 0. The molecule has 0 amide bonds. The van der Waals surface area contributed by atoms with Gasteiger partial charge in [-0.2, -0.15) is 0 Å². The highest BCUT2D eigenvalue weighted by molar-refractivity contribution is 4.49. The van der Waals surface area contributed by atoms with Gasteiger partial charge < -0.3 is 4.74 Å². The summed E-state index contributed by atoms with van der Waals surface area (Å²) in [6.07, 6.45) is 11.0. The van der Waals surface area contributed by atoms with Crippen molar-refractivity contribution in [3.05, 3.63) is 0 Å². The normalized spacial score (nSPS) is 13.1. The van der Waals surface area contributed by atoms with E-state index in [1.54, 1.807) is 0 Å². The van der Waals surface area contributed by atoms with E-state index in [-0.39, 0.29) is 0 Å². The molecule has 0 N–H and O–H groups in total. The van der Waals surface area contributed by atoms with E-state index < -0.39 is 0 Å². The molecule has 0 fully saturated rings. The highest BCUT2D eigenvalue weighted by Crippen LogP contribution is 2.07. The van der Waals surface area contributed by atoms with Crippen LogP contribution < -0.4 is 0 Å². The number of unbranched alkanes of at least 4 members (excludes halogenated alkanes) is 5. The van der Waals surface area contributed by atoms with Crippen molar-refractivity contribution < 1.29 is 4.74 Å². The fourth-order valence-electron chi connectivity index (χ4n) is 1.66. The average Bonchev–Trinajstić information content (AvgIpc) is 2.17.